The summed E-state index contributed by atoms with van der Waals surface area (Å²) in [6.07, 6.45) is 0. The van der Waals surface area contributed by atoms with E-state index < -0.39 is 7.26 Å². The van der Waals surface area contributed by atoms with Crippen LogP contribution >= 0.6 is 7.26 Å². The number of halogens is 1. The van der Waals surface area contributed by atoms with Crippen molar-refractivity contribution in [2.75, 3.05) is 5.32 Å². The molecule has 0 saturated carbocycles. The second-order valence-corrected chi connectivity index (χ2v) is 11.2. The molecule has 0 aromatic heterocycles. The predicted molar refractivity (Wildman–Crippen MR) is 138 cm³/mol. The molecule has 4 aromatic carbocycles. The van der Waals surface area contributed by atoms with Gasteiger partial charge in [0.2, 0.25) is 0 Å². The third kappa shape index (κ3) is 4.88. The third-order valence-corrected chi connectivity index (χ3v) is 9.79. The fourth-order valence-corrected chi connectivity index (χ4v) is 8.11. The maximum atomic E-state index is 3.73. The Morgan fingerprint density at radius 3 is 1.34 bits per heavy atom. The van der Waals surface area contributed by atoms with E-state index in [1.54, 1.807) is 0 Å². The van der Waals surface area contributed by atoms with Gasteiger partial charge in [0.15, 0.2) is 0 Å². The zero-order chi connectivity index (χ0) is 21.7. The van der Waals surface area contributed by atoms with Crippen molar-refractivity contribution in [2.24, 2.45) is 0 Å². The molecule has 1 N–H and O–H groups in total. The Morgan fingerprint density at radius 2 is 0.969 bits per heavy atom. The van der Waals surface area contributed by atoms with Gasteiger partial charge in [-0.1, -0.05) is 72.8 Å². The largest absolute Gasteiger partial charge is 1.00 e. The molecule has 0 aliphatic heterocycles. The molecule has 0 spiro atoms. The molecule has 0 bridgehead atoms. The van der Waals surface area contributed by atoms with Crippen LogP contribution in [0.3, 0.4) is 0 Å². The number of para-hydroxylation sites is 1. The highest BCUT2D eigenvalue weighted by atomic mass is 79.9. The summed E-state index contributed by atoms with van der Waals surface area (Å²) >= 11 is 0. The lowest BCUT2D eigenvalue weighted by Crippen LogP contribution is -3.00. The number of anilines is 1. The van der Waals surface area contributed by atoms with Crippen LogP contribution < -0.4 is 38.2 Å². The van der Waals surface area contributed by atoms with Crippen LogP contribution in [0, 0.1) is 13.8 Å². The van der Waals surface area contributed by atoms with Crippen LogP contribution in [0.1, 0.15) is 18.1 Å². The van der Waals surface area contributed by atoms with E-state index >= 15 is 0 Å². The van der Waals surface area contributed by atoms with E-state index in [0.29, 0.717) is 0 Å². The predicted octanol–water partition coefficient (Wildman–Crippen LogP) is 3.57. The van der Waals surface area contributed by atoms with Crippen LogP contribution in [0.15, 0.2) is 121 Å². The Labute approximate surface area is 203 Å². The normalized spacial score (nSPS) is 11.5. The van der Waals surface area contributed by atoms with Gasteiger partial charge < -0.3 is 22.3 Å². The average Bonchev–Trinajstić information content (AvgIpc) is 2.82. The van der Waals surface area contributed by atoms with Gasteiger partial charge in [0.05, 0.1) is 5.82 Å². The monoisotopic (exact) mass is 501 g/mol. The summed E-state index contributed by atoms with van der Waals surface area (Å²) < 4.78 is 0. The first-order valence-electron chi connectivity index (χ1n) is 10.7. The molecule has 1 nitrogen and oxygen atoms in total. The Balaban J connectivity index is 0.00000289. The summed E-state index contributed by atoms with van der Waals surface area (Å²) in [5.41, 5.74) is 4.89. The zero-order valence-electron chi connectivity index (χ0n) is 18.8. The summed E-state index contributed by atoms with van der Waals surface area (Å²) in [7, 11) is -2.00. The minimum atomic E-state index is -2.00. The molecule has 162 valence electrons. The highest BCUT2D eigenvalue weighted by Crippen LogP contribution is 2.57. The van der Waals surface area contributed by atoms with E-state index in [-0.39, 0.29) is 17.0 Å². The maximum Gasteiger partial charge on any atom is 0.138 e. The maximum absolute atomic E-state index is 3.73. The van der Waals surface area contributed by atoms with Crippen LogP contribution in [-0.4, -0.2) is 0 Å². The molecular formula is C29H29BrNP. The van der Waals surface area contributed by atoms with Crippen LogP contribution in [0.4, 0.5) is 5.69 Å². The van der Waals surface area contributed by atoms with E-state index in [1.165, 1.54) is 38.4 Å². The Bertz CT molecular complexity index is 1050. The van der Waals surface area contributed by atoms with Gasteiger partial charge in [-0.2, -0.15) is 0 Å². The minimum Gasteiger partial charge on any atom is -1.00 e. The van der Waals surface area contributed by atoms with Crippen molar-refractivity contribution in [3.63, 3.8) is 0 Å². The smallest absolute Gasteiger partial charge is 0.138 e. The molecule has 3 heteroatoms. The van der Waals surface area contributed by atoms with Gasteiger partial charge in [-0.05, 0) is 68.3 Å². The highest BCUT2D eigenvalue weighted by molar-refractivity contribution is 7.98. The van der Waals surface area contributed by atoms with Gasteiger partial charge in [-0.3, -0.25) is 0 Å². The molecule has 0 heterocycles. The molecule has 0 unspecified atom stereocenters. The van der Waals surface area contributed by atoms with Crippen LogP contribution in [-0.2, 0) is 0 Å². The summed E-state index contributed by atoms with van der Waals surface area (Å²) in [6.45, 7) is 6.52. The van der Waals surface area contributed by atoms with E-state index in [9.17, 15) is 0 Å². The fourth-order valence-electron chi connectivity index (χ4n) is 4.19. The van der Waals surface area contributed by atoms with E-state index in [1.807, 2.05) is 0 Å². The number of aryl methyl sites for hydroxylation is 2. The van der Waals surface area contributed by atoms with Crippen molar-refractivity contribution in [3.8, 4) is 0 Å². The summed E-state index contributed by atoms with van der Waals surface area (Å²) in [5, 5.41) is 7.80. The number of allylic oxidation sites excluding steroid dienone is 1. The van der Waals surface area contributed by atoms with Gasteiger partial charge in [0.25, 0.3) is 0 Å². The SMILES string of the molecule is CC(=C[P+](c1ccccc1)(c1ccccc1)c1ccccc1)Nc1c(C)cccc1C.[Br-]. The van der Waals surface area contributed by atoms with Gasteiger partial charge in [-0.25, -0.2) is 0 Å². The molecule has 4 aromatic rings. The van der Waals surface area contributed by atoms with E-state index in [4.69, 9.17) is 0 Å². The summed E-state index contributed by atoms with van der Waals surface area (Å²) in [6, 6.07) is 39.3. The number of hydrogen-bond acceptors (Lipinski definition) is 1. The zero-order valence-corrected chi connectivity index (χ0v) is 21.3. The van der Waals surface area contributed by atoms with Crippen LogP contribution in [0.5, 0.6) is 0 Å². The van der Waals surface area contributed by atoms with Gasteiger partial charge in [0.1, 0.15) is 23.2 Å². The molecule has 0 radical (unpaired) electrons. The van der Waals surface area contributed by atoms with Crippen molar-refractivity contribution in [1.29, 1.82) is 0 Å². The second kappa shape index (κ2) is 10.8. The lowest BCUT2D eigenvalue weighted by molar-refractivity contribution is -0.00000620. The van der Waals surface area contributed by atoms with Gasteiger partial charge >= 0.3 is 0 Å². The van der Waals surface area contributed by atoms with Crippen molar-refractivity contribution in [1.82, 2.24) is 0 Å². The van der Waals surface area contributed by atoms with Crippen molar-refractivity contribution in [2.45, 2.75) is 20.8 Å². The topological polar surface area (TPSA) is 12.0 Å². The molecule has 0 atom stereocenters. The van der Waals surface area contributed by atoms with Crippen molar-refractivity contribution < 1.29 is 17.0 Å². The molecule has 0 aliphatic rings. The second-order valence-electron chi connectivity index (χ2n) is 7.93. The first-order chi connectivity index (χ1) is 15.1. The average molecular weight is 502 g/mol. The number of nitrogens with one attached hydrogen (secondary N) is 1. The van der Waals surface area contributed by atoms with Crippen LogP contribution in [0.25, 0.3) is 0 Å². The number of rotatable bonds is 6. The lowest BCUT2D eigenvalue weighted by atomic mass is 10.1. The van der Waals surface area contributed by atoms with Crippen molar-refractivity contribution >= 4 is 28.9 Å². The lowest BCUT2D eigenvalue weighted by Gasteiger charge is -2.25. The highest BCUT2D eigenvalue weighted by Gasteiger charge is 2.43. The molecule has 0 fully saturated rings. The van der Waals surface area contributed by atoms with Gasteiger partial charge in [0, 0.05) is 11.4 Å². The standard InChI is InChI=1S/C29H29NP.BrH/c1-23-14-13-15-24(2)29(23)30-25(3)22-31(26-16-7-4-8-17-26,27-18-9-5-10-19-27)28-20-11-6-12-21-28;/h4-22,30H,1-3H3;1H/q+1;/p-1. The van der Waals surface area contributed by atoms with Gasteiger partial charge in [-0.15, -0.1) is 0 Å². The fraction of sp³-hybridized carbons (Fsp3) is 0.103. The summed E-state index contributed by atoms with van der Waals surface area (Å²) in [4.78, 5) is 0. The quantitative estimate of drug-likeness (QED) is 0.398. The molecule has 32 heavy (non-hydrogen) atoms. The molecule has 0 saturated heterocycles. The van der Waals surface area contributed by atoms with E-state index in [0.717, 1.165) is 0 Å². The Hall–Kier alpha value is -2.67. The Morgan fingerprint density at radius 1 is 0.594 bits per heavy atom. The molecule has 0 aliphatic carbocycles. The van der Waals surface area contributed by atoms with Crippen LogP contribution in [0.2, 0.25) is 0 Å². The molecule has 0 amide bonds. The first-order valence-corrected chi connectivity index (χ1v) is 12.6. The molecule has 4 rings (SSSR count). The number of benzene rings is 4. The van der Waals surface area contributed by atoms with E-state index in [2.05, 4.69) is 141 Å². The number of hydrogen-bond donors (Lipinski definition) is 1. The third-order valence-electron chi connectivity index (χ3n) is 5.68. The minimum absolute atomic E-state index is 0. The van der Waals surface area contributed by atoms with Crippen molar-refractivity contribution in [3.05, 3.63) is 132 Å². The Kier molecular flexibility index (Phi) is 8.07. The molecular weight excluding hydrogens is 473 g/mol. The first kappa shape index (κ1) is 24.0. The summed E-state index contributed by atoms with van der Waals surface area (Å²) in [5.74, 6) is 2.48.